The SMILES string of the molecule is C=C/C(C)=C(\C=C/C)c1cnc(N)c(CC)n1. The molecule has 1 aromatic rings. The van der Waals surface area contributed by atoms with Crippen LogP contribution in [0.5, 0.6) is 0 Å². The van der Waals surface area contributed by atoms with E-state index in [0.29, 0.717) is 5.82 Å². The molecular formula is C14H19N3. The molecule has 0 bridgehead atoms. The molecule has 0 radical (unpaired) electrons. The van der Waals surface area contributed by atoms with Gasteiger partial charge in [0.1, 0.15) is 5.82 Å². The van der Waals surface area contributed by atoms with Crippen molar-refractivity contribution in [2.75, 3.05) is 5.73 Å². The zero-order chi connectivity index (χ0) is 12.8. The van der Waals surface area contributed by atoms with E-state index < -0.39 is 0 Å². The second-order valence-corrected chi connectivity index (χ2v) is 3.74. The minimum Gasteiger partial charge on any atom is -0.382 e. The predicted octanol–water partition coefficient (Wildman–Crippen LogP) is 3.16. The Kier molecular flexibility index (Phi) is 4.64. The van der Waals surface area contributed by atoms with Crippen molar-refractivity contribution in [1.29, 1.82) is 0 Å². The zero-order valence-electron chi connectivity index (χ0n) is 10.7. The maximum atomic E-state index is 5.75. The highest BCUT2D eigenvalue weighted by molar-refractivity contribution is 5.75. The molecule has 3 heteroatoms. The molecule has 0 aromatic carbocycles. The number of allylic oxidation sites excluding steroid dienone is 5. The molecule has 0 aliphatic carbocycles. The second kappa shape index (κ2) is 5.99. The summed E-state index contributed by atoms with van der Waals surface area (Å²) in [7, 11) is 0. The van der Waals surface area contributed by atoms with Crippen LogP contribution in [-0.2, 0) is 6.42 Å². The Morgan fingerprint density at radius 1 is 1.53 bits per heavy atom. The molecule has 0 saturated carbocycles. The molecule has 0 amide bonds. The van der Waals surface area contributed by atoms with Crippen LogP contribution in [0.2, 0.25) is 0 Å². The number of hydrogen-bond donors (Lipinski definition) is 1. The van der Waals surface area contributed by atoms with Crippen molar-refractivity contribution >= 4 is 11.4 Å². The largest absolute Gasteiger partial charge is 0.382 e. The van der Waals surface area contributed by atoms with Gasteiger partial charge in [0, 0.05) is 5.57 Å². The minimum absolute atomic E-state index is 0.507. The summed E-state index contributed by atoms with van der Waals surface area (Å²) >= 11 is 0. The summed E-state index contributed by atoms with van der Waals surface area (Å²) in [6.07, 6.45) is 8.29. The van der Waals surface area contributed by atoms with E-state index >= 15 is 0 Å². The van der Waals surface area contributed by atoms with Crippen LogP contribution >= 0.6 is 0 Å². The highest BCUT2D eigenvalue weighted by atomic mass is 14.9. The summed E-state index contributed by atoms with van der Waals surface area (Å²) in [5.74, 6) is 0.507. The van der Waals surface area contributed by atoms with Gasteiger partial charge in [0.15, 0.2) is 0 Å². The van der Waals surface area contributed by atoms with Crippen LogP contribution in [-0.4, -0.2) is 9.97 Å². The summed E-state index contributed by atoms with van der Waals surface area (Å²) in [6, 6.07) is 0. The number of hydrogen-bond acceptors (Lipinski definition) is 3. The second-order valence-electron chi connectivity index (χ2n) is 3.74. The van der Waals surface area contributed by atoms with E-state index in [1.54, 1.807) is 6.20 Å². The van der Waals surface area contributed by atoms with Gasteiger partial charge in [0.05, 0.1) is 17.6 Å². The van der Waals surface area contributed by atoms with E-state index in [4.69, 9.17) is 5.73 Å². The normalized spacial score (nSPS) is 12.6. The van der Waals surface area contributed by atoms with Crippen LogP contribution in [0.4, 0.5) is 5.82 Å². The summed E-state index contributed by atoms with van der Waals surface area (Å²) < 4.78 is 0. The molecule has 0 aliphatic rings. The van der Waals surface area contributed by atoms with Crippen molar-refractivity contribution in [3.63, 3.8) is 0 Å². The predicted molar refractivity (Wildman–Crippen MR) is 73.4 cm³/mol. The Morgan fingerprint density at radius 3 is 2.76 bits per heavy atom. The Labute approximate surface area is 103 Å². The lowest BCUT2D eigenvalue weighted by molar-refractivity contribution is 0.997. The van der Waals surface area contributed by atoms with Crippen molar-refractivity contribution in [3.8, 4) is 0 Å². The van der Waals surface area contributed by atoms with E-state index in [-0.39, 0.29) is 0 Å². The molecule has 0 unspecified atom stereocenters. The Bertz CT molecular complexity index is 470. The highest BCUT2D eigenvalue weighted by Gasteiger charge is 2.07. The summed E-state index contributed by atoms with van der Waals surface area (Å²) in [5, 5.41) is 0. The van der Waals surface area contributed by atoms with Crippen LogP contribution in [0.1, 0.15) is 32.2 Å². The number of nitrogens with zero attached hydrogens (tertiary/aromatic N) is 2. The van der Waals surface area contributed by atoms with Crippen molar-refractivity contribution in [1.82, 2.24) is 9.97 Å². The molecule has 0 aliphatic heterocycles. The number of nitrogen functional groups attached to an aromatic ring is 1. The standard InChI is InChI=1S/C14H19N3/c1-5-8-11(10(4)6-2)13-9-16-14(15)12(7-3)17-13/h5-6,8-9H,2,7H2,1,3-4H3,(H2,15,16)/b8-5-,11-10+. The summed E-state index contributed by atoms with van der Waals surface area (Å²) in [6.45, 7) is 9.78. The van der Waals surface area contributed by atoms with Gasteiger partial charge in [-0.3, -0.25) is 0 Å². The highest BCUT2D eigenvalue weighted by Crippen LogP contribution is 2.20. The lowest BCUT2D eigenvalue weighted by Crippen LogP contribution is -2.03. The van der Waals surface area contributed by atoms with Crippen LogP contribution in [0.15, 0.2) is 36.6 Å². The van der Waals surface area contributed by atoms with Gasteiger partial charge < -0.3 is 5.73 Å². The topological polar surface area (TPSA) is 51.8 Å². The lowest BCUT2D eigenvalue weighted by atomic mass is 10.1. The molecule has 0 atom stereocenters. The fourth-order valence-corrected chi connectivity index (χ4v) is 1.52. The number of anilines is 1. The fourth-order valence-electron chi connectivity index (χ4n) is 1.52. The van der Waals surface area contributed by atoms with Crippen LogP contribution in [0, 0.1) is 0 Å². The minimum atomic E-state index is 0.507. The van der Waals surface area contributed by atoms with Gasteiger partial charge in [-0.15, -0.1) is 0 Å². The van der Waals surface area contributed by atoms with Gasteiger partial charge >= 0.3 is 0 Å². The van der Waals surface area contributed by atoms with Crippen molar-refractivity contribution in [2.24, 2.45) is 0 Å². The molecule has 17 heavy (non-hydrogen) atoms. The smallest absolute Gasteiger partial charge is 0.145 e. The van der Waals surface area contributed by atoms with Crippen molar-refractivity contribution in [3.05, 3.63) is 48.0 Å². The molecule has 1 aromatic heterocycles. The van der Waals surface area contributed by atoms with E-state index in [2.05, 4.69) is 16.5 Å². The van der Waals surface area contributed by atoms with Gasteiger partial charge in [-0.25, -0.2) is 9.97 Å². The number of aromatic nitrogens is 2. The summed E-state index contributed by atoms with van der Waals surface area (Å²) in [4.78, 5) is 8.72. The molecule has 0 saturated heterocycles. The molecule has 3 nitrogen and oxygen atoms in total. The number of rotatable bonds is 4. The third-order valence-electron chi connectivity index (χ3n) is 2.55. The van der Waals surface area contributed by atoms with Gasteiger partial charge in [-0.05, 0) is 25.8 Å². The Morgan fingerprint density at radius 2 is 2.24 bits per heavy atom. The van der Waals surface area contributed by atoms with Crippen LogP contribution in [0.25, 0.3) is 5.57 Å². The van der Waals surface area contributed by atoms with Gasteiger partial charge in [0.2, 0.25) is 0 Å². The first-order valence-electron chi connectivity index (χ1n) is 5.71. The quantitative estimate of drug-likeness (QED) is 0.807. The molecule has 0 spiro atoms. The average molecular weight is 229 g/mol. The van der Waals surface area contributed by atoms with Crippen LogP contribution in [0.3, 0.4) is 0 Å². The van der Waals surface area contributed by atoms with E-state index in [0.717, 1.165) is 29.0 Å². The lowest BCUT2D eigenvalue weighted by Gasteiger charge is -2.08. The molecule has 90 valence electrons. The van der Waals surface area contributed by atoms with Gasteiger partial charge in [0.25, 0.3) is 0 Å². The monoisotopic (exact) mass is 229 g/mol. The third kappa shape index (κ3) is 3.03. The van der Waals surface area contributed by atoms with Crippen LogP contribution < -0.4 is 5.73 Å². The molecule has 0 fully saturated rings. The molecule has 2 N–H and O–H groups in total. The fraction of sp³-hybridized carbons (Fsp3) is 0.286. The van der Waals surface area contributed by atoms with E-state index in [1.165, 1.54) is 0 Å². The van der Waals surface area contributed by atoms with Gasteiger partial charge in [-0.2, -0.15) is 0 Å². The van der Waals surface area contributed by atoms with Gasteiger partial charge in [-0.1, -0.05) is 31.7 Å². The van der Waals surface area contributed by atoms with Crippen molar-refractivity contribution < 1.29 is 0 Å². The van der Waals surface area contributed by atoms with E-state index in [9.17, 15) is 0 Å². The molecule has 1 rings (SSSR count). The first kappa shape index (κ1) is 13.2. The first-order valence-corrected chi connectivity index (χ1v) is 5.71. The van der Waals surface area contributed by atoms with Crippen molar-refractivity contribution in [2.45, 2.75) is 27.2 Å². The molecular weight excluding hydrogens is 210 g/mol. The average Bonchev–Trinajstić information content (AvgIpc) is 2.36. The van der Waals surface area contributed by atoms with E-state index in [1.807, 2.05) is 39.0 Å². The Balaban J connectivity index is 3.35. The number of nitrogens with two attached hydrogens (primary N) is 1. The third-order valence-corrected chi connectivity index (χ3v) is 2.55. The molecule has 1 heterocycles. The Hall–Kier alpha value is -1.90. The zero-order valence-corrected chi connectivity index (χ0v) is 10.7. The first-order chi connectivity index (χ1) is 8.13. The summed E-state index contributed by atoms with van der Waals surface area (Å²) in [5.41, 5.74) is 9.53. The maximum Gasteiger partial charge on any atom is 0.145 e. The number of aryl methyl sites for hydroxylation is 1. The maximum absolute atomic E-state index is 5.75.